The average molecular weight is 193 g/mol. The Balaban J connectivity index is 2.25. The van der Waals surface area contributed by atoms with Crippen LogP contribution >= 0.6 is 0 Å². The fraction of sp³-hybridized carbons (Fsp3) is 0.846. The van der Waals surface area contributed by atoms with E-state index in [-0.39, 0.29) is 0 Å². The van der Waals surface area contributed by atoms with Crippen molar-refractivity contribution < 1.29 is 0 Å². The highest BCUT2D eigenvalue weighted by molar-refractivity contribution is 5.19. The van der Waals surface area contributed by atoms with Crippen LogP contribution in [0.5, 0.6) is 0 Å². The number of likely N-dealkylation sites (tertiary alicyclic amines) is 1. The molecule has 0 bridgehead atoms. The molecule has 14 heavy (non-hydrogen) atoms. The van der Waals surface area contributed by atoms with Crippen molar-refractivity contribution in [2.45, 2.75) is 39.7 Å². The van der Waals surface area contributed by atoms with Crippen LogP contribution in [-0.4, -0.2) is 24.5 Å². The Labute approximate surface area is 88.2 Å². The summed E-state index contributed by atoms with van der Waals surface area (Å²) in [6.07, 6.45) is 2.59. The van der Waals surface area contributed by atoms with Crippen molar-refractivity contribution in [1.82, 2.24) is 4.90 Å². The van der Waals surface area contributed by atoms with Crippen LogP contribution in [0.4, 0.5) is 0 Å². The third kappa shape index (κ3) is 1.42. The summed E-state index contributed by atoms with van der Waals surface area (Å²) in [5.41, 5.74) is 1.94. The maximum atomic E-state index is 4.27. The molecule has 3 unspecified atom stereocenters. The van der Waals surface area contributed by atoms with Gasteiger partial charge in [-0.05, 0) is 43.7 Å². The Hall–Kier alpha value is -0.300. The van der Waals surface area contributed by atoms with Crippen molar-refractivity contribution in [3.8, 4) is 0 Å². The lowest BCUT2D eigenvalue weighted by Gasteiger charge is -2.35. The molecule has 0 aromatic rings. The summed E-state index contributed by atoms with van der Waals surface area (Å²) in [5, 5.41) is 0. The minimum atomic E-state index is 0.432. The molecule has 0 N–H and O–H groups in total. The largest absolute Gasteiger partial charge is 0.302 e. The molecule has 1 saturated heterocycles. The lowest BCUT2D eigenvalue weighted by atomic mass is 9.77. The first-order chi connectivity index (χ1) is 6.41. The van der Waals surface area contributed by atoms with Crippen LogP contribution < -0.4 is 0 Å². The van der Waals surface area contributed by atoms with E-state index in [0.717, 1.165) is 17.9 Å². The maximum absolute atomic E-state index is 4.27. The zero-order valence-electron chi connectivity index (χ0n) is 10.0. The quantitative estimate of drug-likeness (QED) is 0.535. The molecule has 3 atom stereocenters. The Morgan fingerprint density at radius 3 is 2.57 bits per heavy atom. The molecule has 1 heteroatoms. The summed E-state index contributed by atoms with van der Waals surface area (Å²) in [5.74, 6) is 1.61. The van der Waals surface area contributed by atoms with E-state index in [2.05, 4.69) is 39.3 Å². The van der Waals surface area contributed by atoms with Gasteiger partial charge in [-0.1, -0.05) is 32.9 Å². The van der Waals surface area contributed by atoms with Crippen molar-refractivity contribution in [2.24, 2.45) is 17.3 Å². The van der Waals surface area contributed by atoms with Crippen molar-refractivity contribution in [3.63, 3.8) is 0 Å². The molecule has 1 nitrogen and oxygen atoms in total. The maximum Gasteiger partial charge on any atom is 0.0194 e. The molecule has 0 aromatic carbocycles. The molecule has 0 radical (unpaired) electrons. The van der Waals surface area contributed by atoms with Crippen LogP contribution in [0.15, 0.2) is 12.2 Å². The third-order valence-electron chi connectivity index (χ3n) is 4.25. The van der Waals surface area contributed by atoms with Crippen LogP contribution in [0.2, 0.25) is 0 Å². The van der Waals surface area contributed by atoms with E-state index >= 15 is 0 Å². The van der Waals surface area contributed by atoms with Crippen molar-refractivity contribution >= 4 is 0 Å². The van der Waals surface area contributed by atoms with Crippen molar-refractivity contribution in [3.05, 3.63) is 12.2 Å². The molecule has 0 aromatic heterocycles. The van der Waals surface area contributed by atoms with Crippen LogP contribution in [0.25, 0.3) is 0 Å². The average Bonchev–Trinajstić information content (AvgIpc) is 2.54. The zero-order chi connectivity index (χ0) is 10.5. The van der Waals surface area contributed by atoms with Gasteiger partial charge in [0.15, 0.2) is 0 Å². The van der Waals surface area contributed by atoms with Crippen molar-refractivity contribution in [1.29, 1.82) is 0 Å². The zero-order valence-corrected chi connectivity index (χ0v) is 10.0. The summed E-state index contributed by atoms with van der Waals surface area (Å²) < 4.78 is 0. The lowest BCUT2D eigenvalue weighted by Crippen LogP contribution is -2.38. The van der Waals surface area contributed by atoms with Gasteiger partial charge in [0.2, 0.25) is 0 Å². The summed E-state index contributed by atoms with van der Waals surface area (Å²) in [6.45, 7) is 12.7. The summed E-state index contributed by atoms with van der Waals surface area (Å²) in [4.78, 5) is 2.55. The monoisotopic (exact) mass is 193 g/mol. The van der Waals surface area contributed by atoms with Gasteiger partial charge in [-0.25, -0.2) is 0 Å². The van der Waals surface area contributed by atoms with Crippen LogP contribution in [0.1, 0.15) is 33.6 Å². The van der Waals surface area contributed by atoms with Gasteiger partial charge in [-0.15, -0.1) is 0 Å². The standard InChI is InChI=1S/C13H23N/c1-9-8-11(13(2,3)4)12-10(9)6-7-14(12)5/h10-12H,1,6-8H2,2-5H3. The second-order valence-electron chi connectivity index (χ2n) is 6.20. The van der Waals surface area contributed by atoms with Gasteiger partial charge < -0.3 is 4.90 Å². The molecule has 0 amide bonds. The fourth-order valence-electron chi connectivity index (χ4n) is 3.38. The minimum Gasteiger partial charge on any atom is -0.302 e. The molecular formula is C13H23N. The number of hydrogen-bond acceptors (Lipinski definition) is 1. The van der Waals surface area contributed by atoms with Gasteiger partial charge in [0.1, 0.15) is 0 Å². The number of rotatable bonds is 0. The second-order valence-corrected chi connectivity index (χ2v) is 6.20. The molecule has 2 aliphatic rings. The molecule has 1 heterocycles. The number of nitrogens with zero attached hydrogens (tertiary/aromatic N) is 1. The molecule has 1 aliphatic heterocycles. The van der Waals surface area contributed by atoms with Crippen molar-refractivity contribution in [2.75, 3.05) is 13.6 Å². The summed E-state index contributed by atoms with van der Waals surface area (Å²) >= 11 is 0. The van der Waals surface area contributed by atoms with E-state index in [9.17, 15) is 0 Å². The highest BCUT2D eigenvalue weighted by Gasteiger charge is 2.48. The SMILES string of the molecule is C=C1CC(C(C)(C)C)C2C1CCN2C. The lowest BCUT2D eigenvalue weighted by molar-refractivity contribution is 0.135. The topological polar surface area (TPSA) is 3.24 Å². The van der Waals surface area contributed by atoms with E-state index < -0.39 is 0 Å². The minimum absolute atomic E-state index is 0.432. The van der Waals surface area contributed by atoms with Gasteiger partial charge in [0.05, 0.1) is 0 Å². The fourth-order valence-corrected chi connectivity index (χ4v) is 3.38. The van der Waals surface area contributed by atoms with Gasteiger partial charge in [0.25, 0.3) is 0 Å². The Bertz CT molecular complexity index is 248. The first kappa shape index (κ1) is 10.2. The second kappa shape index (κ2) is 3.10. The third-order valence-corrected chi connectivity index (χ3v) is 4.25. The molecule has 1 aliphatic carbocycles. The van der Waals surface area contributed by atoms with E-state index in [1.807, 2.05) is 0 Å². The van der Waals surface area contributed by atoms with Crippen LogP contribution in [-0.2, 0) is 0 Å². The molecule has 1 saturated carbocycles. The van der Waals surface area contributed by atoms with Crippen LogP contribution in [0.3, 0.4) is 0 Å². The molecule has 0 spiro atoms. The summed E-state index contributed by atoms with van der Waals surface area (Å²) in [7, 11) is 2.28. The van der Waals surface area contributed by atoms with Crippen LogP contribution in [0, 0.1) is 17.3 Å². The van der Waals surface area contributed by atoms with Gasteiger partial charge in [-0.3, -0.25) is 0 Å². The highest BCUT2D eigenvalue weighted by Crippen LogP contribution is 2.50. The van der Waals surface area contributed by atoms with Gasteiger partial charge in [-0.2, -0.15) is 0 Å². The van der Waals surface area contributed by atoms with Gasteiger partial charge >= 0.3 is 0 Å². The van der Waals surface area contributed by atoms with E-state index in [1.165, 1.54) is 25.0 Å². The Kier molecular flexibility index (Phi) is 2.26. The molecular weight excluding hydrogens is 170 g/mol. The molecule has 2 fully saturated rings. The Morgan fingerprint density at radius 1 is 1.36 bits per heavy atom. The first-order valence-corrected chi connectivity index (χ1v) is 5.79. The number of hydrogen-bond donors (Lipinski definition) is 0. The normalized spacial score (nSPS) is 39.1. The van der Waals surface area contributed by atoms with E-state index in [1.54, 1.807) is 0 Å². The molecule has 2 rings (SSSR count). The van der Waals surface area contributed by atoms with E-state index in [0.29, 0.717) is 5.41 Å². The predicted octanol–water partition coefficient (Wildman–Crippen LogP) is 2.93. The molecule has 80 valence electrons. The number of fused-ring (bicyclic) bond motifs is 1. The highest BCUT2D eigenvalue weighted by atomic mass is 15.2. The Morgan fingerprint density at radius 2 is 2.00 bits per heavy atom. The van der Waals surface area contributed by atoms with E-state index in [4.69, 9.17) is 0 Å². The predicted molar refractivity (Wildman–Crippen MR) is 61.2 cm³/mol. The first-order valence-electron chi connectivity index (χ1n) is 5.79. The van der Waals surface area contributed by atoms with Gasteiger partial charge in [0, 0.05) is 6.04 Å². The summed E-state index contributed by atoms with van der Waals surface area (Å²) in [6, 6.07) is 0.780. The smallest absolute Gasteiger partial charge is 0.0194 e.